The molecular weight excluding hydrogens is 396 g/mol. The zero-order valence-corrected chi connectivity index (χ0v) is 14.0. The fourth-order valence-electron chi connectivity index (χ4n) is 2.10. The zero-order valence-electron chi connectivity index (χ0n) is 11.9. The Morgan fingerprint density at radius 1 is 1.27 bits per heavy atom. The van der Waals surface area contributed by atoms with Crippen LogP contribution in [0.2, 0.25) is 0 Å². The van der Waals surface area contributed by atoms with Gasteiger partial charge in [-0.15, -0.1) is 0 Å². The van der Waals surface area contributed by atoms with Crippen LogP contribution in [-0.4, -0.2) is 18.5 Å². The van der Waals surface area contributed by atoms with Gasteiger partial charge in [0, 0.05) is 27.4 Å². The topological polar surface area (TPSA) is 81.1 Å². The van der Waals surface area contributed by atoms with E-state index in [0.29, 0.717) is 17.7 Å². The number of carbonyl (C=O) groups excluding carboxylic acids is 1. The predicted molar refractivity (Wildman–Crippen MR) is 94.0 cm³/mol. The van der Waals surface area contributed by atoms with E-state index in [1.54, 1.807) is 30.3 Å². The minimum Gasteiger partial charge on any atom is -0.398 e. The van der Waals surface area contributed by atoms with Gasteiger partial charge in [-0.25, -0.2) is 4.39 Å². The van der Waals surface area contributed by atoms with Crippen LogP contribution in [0.3, 0.4) is 0 Å². The number of halogens is 2. The Balaban J connectivity index is 2.06. The van der Waals surface area contributed by atoms with Crippen molar-refractivity contribution in [3.63, 3.8) is 0 Å². The van der Waals surface area contributed by atoms with Crippen molar-refractivity contribution in [2.45, 2.75) is 12.5 Å². The minimum atomic E-state index is -0.301. The highest BCUT2D eigenvalue weighted by Gasteiger charge is 2.14. The van der Waals surface area contributed by atoms with Crippen LogP contribution < -0.4 is 16.8 Å². The summed E-state index contributed by atoms with van der Waals surface area (Å²) >= 11 is 2.10. The molecule has 6 heteroatoms. The van der Waals surface area contributed by atoms with E-state index >= 15 is 0 Å². The third-order valence-electron chi connectivity index (χ3n) is 3.25. The molecule has 0 spiro atoms. The number of hydrogen-bond donors (Lipinski definition) is 3. The van der Waals surface area contributed by atoms with Crippen LogP contribution in [0.15, 0.2) is 42.5 Å². The molecule has 116 valence electrons. The number of hydrogen-bond acceptors (Lipinski definition) is 3. The molecule has 0 bridgehead atoms. The summed E-state index contributed by atoms with van der Waals surface area (Å²) < 4.78 is 14.1. The number of anilines is 1. The van der Waals surface area contributed by atoms with E-state index in [-0.39, 0.29) is 24.3 Å². The number of nitrogens with one attached hydrogen (secondary N) is 1. The number of nitrogens with two attached hydrogens (primary N) is 2. The Hall–Kier alpha value is -1.67. The summed E-state index contributed by atoms with van der Waals surface area (Å²) in [6.45, 7) is 0.266. The minimum absolute atomic E-state index is 0.241. The molecule has 0 aliphatic heterocycles. The highest BCUT2D eigenvalue weighted by Crippen LogP contribution is 2.16. The molecular formula is C16H17FIN3O. The van der Waals surface area contributed by atoms with Crippen molar-refractivity contribution in [1.82, 2.24) is 5.32 Å². The maximum absolute atomic E-state index is 13.2. The van der Waals surface area contributed by atoms with Gasteiger partial charge in [-0.05, 0) is 64.9 Å². The van der Waals surface area contributed by atoms with Crippen LogP contribution in [-0.2, 0) is 6.42 Å². The van der Waals surface area contributed by atoms with Gasteiger partial charge in [0.15, 0.2) is 0 Å². The number of rotatable bonds is 5. The van der Waals surface area contributed by atoms with Crippen molar-refractivity contribution < 1.29 is 9.18 Å². The van der Waals surface area contributed by atoms with Gasteiger partial charge in [0.2, 0.25) is 0 Å². The third-order valence-corrected chi connectivity index (χ3v) is 4.23. The number of benzene rings is 2. The van der Waals surface area contributed by atoms with Crippen molar-refractivity contribution in [1.29, 1.82) is 0 Å². The summed E-state index contributed by atoms with van der Waals surface area (Å²) in [5.74, 6) is -0.542. The first-order valence-electron chi connectivity index (χ1n) is 6.80. The lowest BCUT2D eigenvalue weighted by molar-refractivity contribution is 0.0938. The molecule has 5 N–H and O–H groups in total. The van der Waals surface area contributed by atoms with Crippen molar-refractivity contribution in [3.05, 3.63) is 63.0 Å². The van der Waals surface area contributed by atoms with Gasteiger partial charge in [0.1, 0.15) is 5.82 Å². The molecule has 2 rings (SSSR count). The lowest BCUT2D eigenvalue weighted by atomic mass is 10.1. The second-order valence-electron chi connectivity index (χ2n) is 4.98. The van der Waals surface area contributed by atoms with Crippen molar-refractivity contribution >= 4 is 34.2 Å². The molecule has 0 saturated heterocycles. The molecule has 1 atom stereocenters. The molecule has 0 fully saturated rings. The molecule has 0 aliphatic carbocycles. The average Bonchev–Trinajstić information content (AvgIpc) is 2.49. The fraction of sp³-hybridized carbons (Fsp3) is 0.188. The normalized spacial score (nSPS) is 12.0. The standard InChI is InChI=1S/C16H17FIN3O/c17-12-3-1-2-10(6-12)7-13(9-19)21-16(22)11-4-5-14(18)15(20)8-11/h1-6,8,13H,7,9,19-20H2,(H,21,22)/t13-/m0/s1. The summed E-state index contributed by atoms with van der Waals surface area (Å²) in [6.07, 6.45) is 0.472. The van der Waals surface area contributed by atoms with E-state index in [0.717, 1.165) is 9.13 Å². The predicted octanol–water partition coefficient (Wildman–Crippen LogP) is 2.31. The molecule has 0 aromatic heterocycles. The summed E-state index contributed by atoms with van der Waals surface area (Å²) in [7, 11) is 0. The highest BCUT2D eigenvalue weighted by atomic mass is 127. The number of carbonyl (C=O) groups is 1. The summed E-state index contributed by atoms with van der Waals surface area (Å²) in [6, 6.07) is 11.1. The van der Waals surface area contributed by atoms with Gasteiger partial charge in [-0.2, -0.15) is 0 Å². The molecule has 0 radical (unpaired) electrons. The van der Waals surface area contributed by atoms with E-state index < -0.39 is 0 Å². The first-order valence-corrected chi connectivity index (χ1v) is 7.88. The molecule has 0 unspecified atom stereocenters. The van der Waals surface area contributed by atoms with Crippen LogP contribution in [0, 0.1) is 9.39 Å². The van der Waals surface area contributed by atoms with Crippen LogP contribution in [0.1, 0.15) is 15.9 Å². The van der Waals surface area contributed by atoms with E-state index in [9.17, 15) is 9.18 Å². The van der Waals surface area contributed by atoms with Crippen LogP contribution >= 0.6 is 22.6 Å². The van der Waals surface area contributed by atoms with E-state index in [2.05, 4.69) is 27.9 Å². The summed E-state index contributed by atoms with van der Waals surface area (Å²) in [5.41, 5.74) is 13.3. The second-order valence-corrected chi connectivity index (χ2v) is 6.14. The molecule has 0 heterocycles. The monoisotopic (exact) mass is 413 g/mol. The Morgan fingerprint density at radius 3 is 2.68 bits per heavy atom. The number of nitrogen functional groups attached to an aromatic ring is 1. The average molecular weight is 413 g/mol. The third kappa shape index (κ3) is 4.41. The Morgan fingerprint density at radius 2 is 2.05 bits per heavy atom. The highest BCUT2D eigenvalue weighted by molar-refractivity contribution is 14.1. The Bertz CT molecular complexity index is 678. The maximum Gasteiger partial charge on any atom is 0.251 e. The first kappa shape index (κ1) is 16.7. The smallest absolute Gasteiger partial charge is 0.251 e. The van der Waals surface area contributed by atoms with E-state index in [4.69, 9.17) is 11.5 Å². The molecule has 4 nitrogen and oxygen atoms in total. The lowest BCUT2D eigenvalue weighted by Gasteiger charge is -2.17. The van der Waals surface area contributed by atoms with E-state index in [1.165, 1.54) is 12.1 Å². The SMILES string of the molecule is NC[C@H](Cc1cccc(F)c1)NC(=O)c1ccc(I)c(N)c1. The molecule has 0 aliphatic rings. The Labute approximate surface area is 142 Å². The van der Waals surface area contributed by atoms with E-state index in [1.807, 2.05) is 0 Å². The maximum atomic E-state index is 13.2. The molecule has 22 heavy (non-hydrogen) atoms. The molecule has 1 amide bonds. The van der Waals surface area contributed by atoms with Gasteiger partial charge in [0.05, 0.1) is 0 Å². The quantitative estimate of drug-likeness (QED) is 0.520. The Kier molecular flexibility index (Phi) is 5.73. The largest absolute Gasteiger partial charge is 0.398 e. The fourth-order valence-corrected chi connectivity index (χ4v) is 2.43. The lowest BCUT2D eigenvalue weighted by Crippen LogP contribution is -2.41. The van der Waals surface area contributed by atoms with Crippen molar-refractivity contribution in [2.24, 2.45) is 5.73 Å². The number of amides is 1. The molecule has 2 aromatic rings. The van der Waals surface area contributed by atoms with Gasteiger partial charge in [-0.1, -0.05) is 12.1 Å². The summed E-state index contributed by atoms with van der Waals surface area (Å²) in [4.78, 5) is 12.2. The zero-order chi connectivity index (χ0) is 16.1. The second kappa shape index (κ2) is 7.55. The van der Waals surface area contributed by atoms with Gasteiger partial charge < -0.3 is 16.8 Å². The van der Waals surface area contributed by atoms with Crippen LogP contribution in [0.25, 0.3) is 0 Å². The van der Waals surface area contributed by atoms with Gasteiger partial charge >= 0.3 is 0 Å². The van der Waals surface area contributed by atoms with Gasteiger partial charge in [0.25, 0.3) is 5.91 Å². The molecule has 2 aromatic carbocycles. The van der Waals surface area contributed by atoms with Crippen molar-refractivity contribution in [2.75, 3.05) is 12.3 Å². The first-order chi connectivity index (χ1) is 10.5. The van der Waals surface area contributed by atoms with Gasteiger partial charge in [-0.3, -0.25) is 4.79 Å². The van der Waals surface area contributed by atoms with Crippen LogP contribution in [0.4, 0.5) is 10.1 Å². The van der Waals surface area contributed by atoms with Crippen molar-refractivity contribution in [3.8, 4) is 0 Å². The summed E-state index contributed by atoms with van der Waals surface area (Å²) in [5, 5.41) is 2.85. The van der Waals surface area contributed by atoms with Crippen LogP contribution in [0.5, 0.6) is 0 Å². The molecule has 0 saturated carbocycles.